The monoisotopic (exact) mass is 531 g/mol. The molecule has 0 radical (unpaired) electrons. The summed E-state index contributed by atoms with van der Waals surface area (Å²) in [7, 11) is 0. The maximum absolute atomic E-state index is 12.7. The zero-order valence-electron chi connectivity index (χ0n) is 18.0. The predicted octanol–water partition coefficient (Wildman–Crippen LogP) is 5.40. The van der Waals surface area contributed by atoms with E-state index >= 15 is 0 Å². The van der Waals surface area contributed by atoms with Crippen LogP contribution in [0.25, 0.3) is 6.08 Å². The normalized spacial score (nSPS) is 16.4. The second-order valence-electron chi connectivity index (χ2n) is 7.57. The lowest BCUT2D eigenvalue weighted by Gasteiger charge is -2.20. The molecule has 3 aromatic rings. The number of hydrogen-bond donors (Lipinski definition) is 1. The number of pyridine rings is 1. The summed E-state index contributed by atoms with van der Waals surface area (Å²) in [6.07, 6.45) is 5.01. The van der Waals surface area contributed by atoms with Crippen molar-refractivity contribution in [1.82, 2.24) is 9.99 Å². The summed E-state index contributed by atoms with van der Waals surface area (Å²) in [5.74, 6) is 0.206. The van der Waals surface area contributed by atoms with Crippen LogP contribution in [0.3, 0.4) is 0 Å². The molecule has 1 amide bonds. The van der Waals surface area contributed by atoms with Gasteiger partial charge in [-0.05, 0) is 81.6 Å². The number of nitrogens with zero attached hydrogens (tertiary/aromatic N) is 4. The molecule has 0 atom stereocenters. The number of fused-ring (bicyclic) bond motifs is 1. The fraction of sp³-hybridized carbons (Fsp3) is 0.0800. The van der Waals surface area contributed by atoms with E-state index in [9.17, 15) is 4.79 Å². The highest BCUT2D eigenvalue weighted by Crippen LogP contribution is 2.32. The Balaban J connectivity index is 1.36. The van der Waals surface area contributed by atoms with Crippen LogP contribution in [0.5, 0.6) is 5.75 Å². The summed E-state index contributed by atoms with van der Waals surface area (Å²) >= 11 is 4.80. The van der Waals surface area contributed by atoms with E-state index in [-0.39, 0.29) is 11.4 Å². The number of hydrazone groups is 1. The highest BCUT2D eigenvalue weighted by molar-refractivity contribution is 9.10. The minimum atomic E-state index is -0.470. The summed E-state index contributed by atoms with van der Waals surface area (Å²) in [6, 6.07) is 17.3. The predicted molar refractivity (Wildman–Crippen MR) is 138 cm³/mol. The first-order chi connectivity index (χ1) is 16.5. The molecular formula is C25H18BrN5O2S. The molecule has 168 valence electrons. The molecular weight excluding hydrogens is 514 g/mol. The number of amides is 1. The minimum Gasteiger partial charge on any atom is -0.488 e. The molecule has 1 aromatic heterocycles. The summed E-state index contributed by atoms with van der Waals surface area (Å²) in [6.45, 7) is 2.51. The van der Waals surface area contributed by atoms with Crippen LogP contribution in [-0.4, -0.2) is 31.9 Å². The Morgan fingerprint density at radius 3 is 2.79 bits per heavy atom. The average molecular weight is 532 g/mol. The van der Waals surface area contributed by atoms with Crippen molar-refractivity contribution in [1.29, 1.82) is 5.41 Å². The molecule has 0 unspecified atom stereocenters. The van der Waals surface area contributed by atoms with Crippen LogP contribution in [0, 0.1) is 12.3 Å². The molecule has 34 heavy (non-hydrogen) atoms. The van der Waals surface area contributed by atoms with Crippen molar-refractivity contribution in [2.24, 2.45) is 10.1 Å². The van der Waals surface area contributed by atoms with E-state index < -0.39 is 5.91 Å². The van der Waals surface area contributed by atoms with Gasteiger partial charge in [0.1, 0.15) is 17.4 Å². The summed E-state index contributed by atoms with van der Waals surface area (Å²) in [4.78, 5) is 20.9. The Bertz CT molecular complexity index is 1400. The highest BCUT2D eigenvalue weighted by Gasteiger charge is 2.36. The first-order valence-corrected chi connectivity index (χ1v) is 12.0. The third-order valence-electron chi connectivity index (χ3n) is 5.27. The maximum Gasteiger partial charge on any atom is 0.283 e. The maximum atomic E-state index is 12.7. The molecule has 0 aliphatic carbocycles. The standard InChI is InChI=1S/C25H18BrN5O2S/c1-15-5-2-3-6-18(15)14-33-21-9-8-16(12-20(21)26)11-19-22(27)31-25(29-23(19)32)34-24(30-31)17-7-4-10-28-13-17/h2-13,27H,14H2,1H3/b19-11-,27-22?. The van der Waals surface area contributed by atoms with Crippen LogP contribution in [0.1, 0.15) is 22.3 Å². The van der Waals surface area contributed by atoms with Crippen molar-refractivity contribution < 1.29 is 9.53 Å². The van der Waals surface area contributed by atoms with E-state index in [0.29, 0.717) is 22.6 Å². The van der Waals surface area contributed by atoms with Crippen LogP contribution in [0.2, 0.25) is 0 Å². The zero-order chi connectivity index (χ0) is 23.7. The fourth-order valence-corrected chi connectivity index (χ4v) is 4.81. The number of hydrogen-bond acceptors (Lipinski definition) is 6. The molecule has 0 bridgehead atoms. The van der Waals surface area contributed by atoms with Gasteiger partial charge in [-0.1, -0.05) is 30.3 Å². The number of aryl methyl sites for hydroxylation is 1. The summed E-state index contributed by atoms with van der Waals surface area (Å²) in [5, 5.41) is 15.4. The molecule has 1 N–H and O–H groups in total. The largest absolute Gasteiger partial charge is 0.488 e. The Hall–Kier alpha value is -3.56. The first-order valence-electron chi connectivity index (χ1n) is 10.4. The molecule has 0 saturated heterocycles. The van der Waals surface area contributed by atoms with Crippen LogP contribution in [-0.2, 0) is 11.4 Å². The van der Waals surface area contributed by atoms with E-state index in [1.165, 1.54) is 22.3 Å². The highest BCUT2D eigenvalue weighted by atomic mass is 79.9. The minimum absolute atomic E-state index is 0.0163. The first kappa shape index (κ1) is 22.2. The Morgan fingerprint density at radius 2 is 2.03 bits per heavy atom. The van der Waals surface area contributed by atoms with Gasteiger partial charge in [-0.2, -0.15) is 15.1 Å². The van der Waals surface area contributed by atoms with E-state index in [1.54, 1.807) is 18.5 Å². The van der Waals surface area contributed by atoms with Crippen LogP contribution < -0.4 is 4.74 Å². The molecule has 2 aromatic carbocycles. The van der Waals surface area contributed by atoms with Crippen molar-refractivity contribution in [3.05, 3.63) is 99.3 Å². The number of aliphatic imine (C=N–C) groups is 1. The van der Waals surface area contributed by atoms with Crippen molar-refractivity contribution in [3.63, 3.8) is 0 Å². The quantitative estimate of drug-likeness (QED) is 0.445. The topological polar surface area (TPSA) is 91.0 Å². The molecule has 0 fully saturated rings. The van der Waals surface area contributed by atoms with Crippen molar-refractivity contribution in [2.75, 3.05) is 0 Å². The number of carbonyl (C=O) groups excluding carboxylic acids is 1. The number of ether oxygens (including phenoxy) is 1. The van der Waals surface area contributed by atoms with Crippen LogP contribution in [0.4, 0.5) is 0 Å². The van der Waals surface area contributed by atoms with Gasteiger partial charge in [0, 0.05) is 18.0 Å². The Kier molecular flexibility index (Phi) is 6.12. The van der Waals surface area contributed by atoms with Gasteiger partial charge in [0.2, 0.25) is 5.17 Å². The zero-order valence-corrected chi connectivity index (χ0v) is 20.4. The lowest BCUT2D eigenvalue weighted by atomic mass is 10.1. The van der Waals surface area contributed by atoms with E-state index in [4.69, 9.17) is 10.1 Å². The van der Waals surface area contributed by atoms with Crippen molar-refractivity contribution in [2.45, 2.75) is 13.5 Å². The summed E-state index contributed by atoms with van der Waals surface area (Å²) in [5.41, 5.74) is 4.00. The third-order valence-corrected chi connectivity index (χ3v) is 6.85. The Morgan fingerprint density at radius 1 is 1.18 bits per heavy atom. The van der Waals surface area contributed by atoms with Gasteiger partial charge in [-0.25, -0.2) is 0 Å². The number of nitrogens with one attached hydrogen (secondary N) is 1. The van der Waals surface area contributed by atoms with E-state index in [1.807, 2.05) is 48.5 Å². The second-order valence-corrected chi connectivity index (χ2v) is 9.38. The number of amidine groups is 2. The van der Waals surface area contributed by atoms with Gasteiger partial charge < -0.3 is 4.74 Å². The SMILES string of the molecule is Cc1ccccc1COc1ccc(/C=C2/C(=N)N3N=C(c4cccnc4)SC3=NC2=O)cc1Br. The number of rotatable bonds is 5. The number of carbonyl (C=O) groups is 1. The second kappa shape index (κ2) is 9.36. The molecule has 0 saturated carbocycles. The van der Waals surface area contributed by atoms with Gasteiger partial charge in [-0.15, -0.1) is 0 Å². The number of thioether (sulfide) groups is 1. The van der Waals surface area contributed by atoms with Crippen LogP contribution >= 0.6 is 27.7 Å². The van der Waals surface area contributed by atoms with Crippen molar-refractivity contribution in [3.8, 4) is 5.75 Å². The number of aromatic nitrogens is 1. The van der Waals surface area contributed by atoms with Gasteiger partial charge in [0.15, 0.2) is 5.84 Å². The molecule has 5 rings (SSSR count). The van der Waals surface area contributed by atoms with Crippen LogP contribution in [0.15, 0.2) is 87.1 Å². The molecule has 3 heterocycles. The van der Waals surface area contributed by atoms with Gasteiger partial charge in [-0.3, -0.25) is 15.2 Å². The fourth-order valence-electron chi connectivity index (χ4n) is 3.42. The lowest BCUT2D eigenvalue weighted by Crippen LogP contribution is -2.35. The molecule has 2 aliphatic rings. The summed E-state index contributed by atoms with van der Waals surface area (Å²) < 4.78 is 6.72. The lowest BCUT2D eigenvalue weighted by molar-refractivity contribution is -0.114. The van der Waals surface area contributed by atoms with Gasteiger partial charge >= 0.3 is 0 Å². The molecule has 0 spiro atoms. The third kappa shape index (κ3) is 4.44. The molecule has 9 heteroatoms. The van der Waals surface area contributed by atoms with E-state index in [0.717, 1.165) is 21.2 Å². The van der Waals surface area contributed by atoms with Gasteiger partial charge in [0.25, 0.3) is 5.91 Å². The molecule has 2 aliphatic heterocycles. The Labute approximate surface area is 208 Å². The number of halogens is 1. The molecule has 7 nitrogen and oxygen atoms in total. The van der Waals surface area contributed by atoms with Gasteiger partial charge in [0.05, 0.1) is 10.0 Å². The van der Waals surface area contributed by atoms with Crippen molar-refractivity contribution >= 4 is 55.7 Å². The van der Waals surface area contributed by atoms with E-state index in [2.05, 4.69) is 44.0 Å². The smallest absolute Gasteiger partial charge is 0.283 e. The number of benzene rings is 2. The average Bonchev–Trinajstić information content (AvgIpc) is 3.27.